The standard InChI is InChI=1S/C11H25O3P/c1-3-5-7-8-10-15(13,11-12)14-9-6-4-2/h12H,3-11H2,1-2H3. The molecule has 0 aromatic rings. The van der Waals surface area contributed by atoms with Crippen LogP contribution in [-0.2, 0) is 9.09 Å². The van der Waals surface area contributed by atoms with Gasteiger partial charge in [-0.25, -0.2) is 0 Å². The molecule has 0 rings (SSSR count). The third-order valence-corrected chi connectivity index (χ3v) is 4.47. The first kappa shape index (κ1) is 15.2. The molecule has 0 radical (unpaired) electrons. The lowest BCUT2D eigenvalue weighted by molar-refractivity contribution is 0.268. The summed E-state index contributed by atoms with van der Waals surface area (Å²) in [5.74, 6) is 0. The fraction of sp³-hybridized carbons (Fsp3) is 1.00. The summed E-state index contributed by atoms with van der Waals surface area (Å²) in [7, 11) is -2.71. The zero-order valence-electron chi connectivity index (χ0n) is 10.1. The predicted octanol–water partition coefficient (Wildman–Crippen LogP) is 3.61. The van der Waals surface area contributed by atoms with Crippen LogP contribution in [0, 0.1) is 0 Å². The fourth-order valence-corrected chi connectivity index (χ4v) is 2.85. The van der Waals surface area contributed by atoms with Crippen LogP contribution in [0.5, 0.6) is 0 Å². The first-order valence-electron chi connectivity index (χ1n) is 6.02. The summed E-state index contributed by atoms with van der Waals surface area (Å²) in [5, 5.41) is 9.05. The Morgan fingerprint density at radius 1 is 1.07 bits per heavy atom. The van der Waals surface area contributed by atoms with Crippen molar-refractivity contribution in [2.75, 3.05) is 19.1 Å². The minimum absolute atomic E-state index is 0.303. The van der Waals surface area contributed by atoms with E-state index in [1.54, 1.807) is 0 Å². The van der Waals surface area contributed by atoms with Crippen LogP contribution in [0.15, 0.2) is 0 Å². The van der Waals surface area contributed by atoms with Crippen molar-refractivity contribution in [2.45, 2.75) is 52.4 Å². The summed E-state index contributed by atoms with van der Waals surface area (Å²) in [6, 6.07) is 0. The number of rotatable bonds is 10. The van der Waals surface area contributed by atoms with E-state index < -0.39 is 7.37 Å². The van der Waals surface area contributed by atoms with Crippen molar-refractivity contribution >= 4 is 7.37 Å². The third-order valence-electron chi connectivity index (χ3n) is 2.39. The van der Waals surface area contributed by atoms with E-state index in [-0.39, 0.29) is 6.35 Å². The average molecular weight is 236 g/mol. The van der Waals surface area contributed by atoms with Crippen LogP contribution in [0.1, 0.15) is 52.4 Å². The topological polar surface area (TPSA) is 46.5 Å². The van der Waals surface area contributed by atoms with Gasteiger partial charge in [-0.15, -0.1) is 0 Å². The van der Waals surface area contributed by atoms with Crippen molar-refractivity contribution in [3.63, 3.8) is 0 Å². The molecule has 0 aromatic heterocycles. The molecule has 0 amide bonds. The van der Waals surface area contributed by atoms with E-state index in [4.69, 9.17) is 9.63 Å². The monoisotopic (exact) mass is 236 g/mol. The van der Waals surface area contributed by atoms with Gasteiger partial charge in [0, 0.05) is 6.16 Å². The second-order valence-electron chi connectivity index (χ2n) is 3.93. The van der Waals surface area contributed by atoms with Crippen LogP contribution >= 0.6 is 7.37 Å². The Morgan fingerprint density at radius 2 is 1.73 bits per heavy atom. The number of hydrogen-bond acceptors (Lipinski definition) is 3. The molecule has 15 heavy (non-hydrogen) atoms. The van der Waals surface area contributed by atoms with Gasteiger partial charge in [-0.3, -0.25) is 4.57 Å². The summed E-state index contributed by atoms with van der Waals surface area (Å²) < 4.78 is 17.3. The van der Waals surface area contributed by atoms with Gasteiger partial charge in [-0.1, -0.05) is 39.5 Å². The highest BCUT2D eigenvalue weighted by Crippen LogP contribution is 2.46. The molecule has 1 unspecified atom stereocenters. The van der Waals surface area contributed by atoms with Gasteiger partial charge in [0.1, 0.15) is 6.35 Å². The number of hydrogen-bond donors (Lipinski definition) is 1. The zero-order chi connectivity index (χ0) is 11.6. The summed E-state index contributed by atoms with van der Waals surface area (Å²) in [6.07, 6.45) is 6.49. The molecule has 0 aliphatic rings. The Kier molecular flexibility index (Phi) is 9.48. The lowest BCUT2D eigenvalue weighted by atomic mass is 10.2. The van der Waals surface area contributed by atoms with Crippen molar-refractivity contribution < 1.29 is 14.2 Å². The minimum Gasteiger partial charge on any atom is -0.386 e. The molecule has 4 heteroatoms. The van der Waals surface area contributed by atoms with Gasteiger partial charge in [0.25, 0.3) is 0 Å². The molecular formula is C11H25O3P. The highest BCUT2D eigenvalue weighted by Gasteiger charge is 2.20. The summed E-state index contributed by atoms with van der Waals surface area (Å²) in [5.41, 5.74) is 0. The van der Waals surface area contributed by atoms with Crippen LogP contribution < -0.4 is 0 Å². The normalized spacial score (nSPS) is 15.1. The SMILES string of the molecule is CCCCCCP(=O)(CO)OCCCC. The predicted molar refractivity (Wildman–Crippen MR) is 64.6 cm³/mol. The lowest BCUT2D eigenvalue weighted by Gasteiger charge is -2.15. The van der Waals surface area contributed by atoms with Crippen molar-refractivity contribution in [2.24, 2.45) is 0 Å². The van der Waals surface area contributed by atoms with Gasteiger partial charge in [0.2, 0.25) is 7.37 Å². The average Bonchev–Trinajstić information content (AvgIpc) is 2.25. The molecule has 1 atom stereocenters. The minimum atomic E-state index is -2.71. The van der Waals surface area contributed by atoms with Gasteiger partial charge in [-0.05, 0) is 12.8 Å². The molecule has 92 valence electrons. The van der Waals surface area contributed by atoms with Gasteiger partial charge in [0.15, 0.2) is 0 Å². The van der Waals surface area contributed by atoms with Gasteiger partial charge < -0.3 is 9.63 Å². The molecule has 0 heterocycles. The van der Waals surface area contributed by atoms with Crippen molar-refractivity contribution in [1.82, 2.24) is 0 Å². The molecule has 0 saturated carbocycles. The van der Waals surface area contributed by atoms with Crippen LogP contribution in [0.3, 0.4) is 0 Å². The smallest absolute Gasteiger partial charge is 0.227 e. The van der Waals surface area contributed by atoms with E-state index in [9.17, 15) is 4.57 Å². The molecular weight excluding hydrogens is 211 g/mol. The lowest BCUT2D eigenvalue weighted by Crippen LogP contribution is -2.01. The van der Waals surface area contributed by atoms with Crippen LogP contribution in [0.25, 0.3) is 0 Å². The Morgan fingerprint density at radius 3 is 2.27 bits per heavy atom. The van der Waals surface area contributed by atoms with E-state index in [1.165, 1.54) is 12.8 Å². The van der Waals surface area contributed by atoms with E-state index in [1.807, 2.05) is 0 Å². The summed E-state index contributed by atoms with van der Waals surface area (Å²) >= 11 is 0. The first-order chi connectivity index (χ1) is 7.18. The summed E-state index contributed by atoms with van der Waals surface area (Å²) in [4.78, 5) is 0. The maximum atomic E-state index is 11.9. The van der Waals surface area contributed by atoms with E-state index in [2.05, 4.69) is 13.8 Å². The van der Waals surface area contributed by atoms with Gasteiger partial charge >= 0.3 is 0 Å². The number of aliphatic hydroxyl groups excluding tert-OH is 1. The maximum absolute atomic E-state index is 11.9. The molecule has 3 nitrogen and oxygen atoms in total. The van der Waals surface area contributed by atoms with Gasteiger partial charge in [0.05, 0.1) is 6.61 Å². The molecule has 0 bridgehead atoms. The molecule has 0 aromatic carbocycles. The Bertz CT molecular complexity index is 183. The van der Waals surface area contributed by atoms with Crippen LogP contribution in [0.2, 0.25) is 0 Å². The molecule has 0 saturated heterocycles. The van der Waals surface area contributed by atoms with E-state index in [0.717, 1.165) is 25.7 Å². The largest absolute Gasteiger partial charge is 0.386 e. The summed E-state index contributed by atoms with van der Waals surface area (Å²) in [6.45, 7) is 4.72. The molecule has 0 fully saturated rings. The van der Waals surface area contributed by atoms with Crippen molar-refractivity contribution in [3.05, 3.63) is 0 Å². The second kappa shape index (κ2) is 9.38. The Hall–Kier alpha value is 0.150. The first-order valence-corrected chi connectivity index (χ1v) is 8.01. The van der Waals surface area contributed by atoms with Crippen LogP contribution in [0.4, 0.5) is 0 Å². The Labute approximate surface area is 93.7 Å². The van der Waals surface area contributed by atoms with Gasteiger partial charge in [-0.2, -0.15) is 0 Å². The zero-order valence-corrected chi connectivity index (χ0v) is 11.0. The molecule has 0 aliphatic carbocycles. The maximum Gasteiger partial charge on any atom is 0.227 e. The quantitative estimate of drug-likeness (QED) is 0.465. The highest BCUT2D eigenvalue weighted by molar-refractivity contribution is 7.58. The Balaban J connectivity index is 3.70. The van der Waals surface area contributed by atoms with E-state index in [0.29, 0.717) is 12.8 Å². The van der Waals surface area contributed by atoms with Crippen LogP contribution in [-0.4, -0.2) is 24.2 Å². The van der Waals surface area contributed by atoms with Crippen molar-refractivity contribution in [1.29, 1.82) is 0 Å². The number of unbranched alkanes of at least 4 members (excludes halogenated alkanes) is 4. The molecule has 0 spiro atoms. The molecule has 0 aliphatic heterocycles. The number of aliphatic hydroxyl groups is 1. The third kappa shape index (κ3) is 8.01. The van der Waals surface area contributed by atoms with Crippen molar-refractivity contribution in [3.8, 4) is 0 Å². The second-order valence-corrected chi connectivity index (χ2v) is 6.54. The molecule has 1 N–H and O–H groups in total. The fourth-order valence-electron chi connectivity index (χ4n) is 1.33. The highest BCUT2D eigenvalue weighted by atomic mass is 31.2. The van der Waals surface area contributed by atoms with E-state index >= 15 is 0 Å².